The van der Waals surface area contributed by atoms with Gasteiger partial charge in [-0.2, -0.15) is 5.26 Å². The lowest BCUT2D eigenvalue weighted by atomic mass is 10.1. The van der Waals surface area contributed by atoms with Crippen LogP contribution in [0.3, 0.4) is 0 Å². The van der Waals surface area contributed by atoms with Crippen LogP contribution in [0.5, 0.6) is 0 Å². The number of hydrogen-bond donors (Lipinski definition) is 2. The summed E-state index contributed by atoms with van der Waals surface area (Å²) in [7, 11) is 1.64. The molecule has 0 saturated carbocycles. The van der Waals surface area contributed by atoms with Crippen molar-refractivity contribution in [3.8, 4) is 6.07 Å². The predicted octanol–water partition coefficient (Wildman–Crippen LogP) is 4.30. The molecule has 0 radical (unpaired) electrons. The molecule has 2 N–H and O–H groups in total. The minimum absolute atomic E-state index is 0. The number of rotatable bonds is 7. The Kier molecular flexibility index (Phi) is 10.7. The third kappa shape index (κ3) is 8.13. The fourth-order valence-electron chi connectivity index (χ4n) is 2.18. The van der Waals surface area contributed by atoms with E-state index in [-0.39, 0.29) is 42.2 Å². The fourth-order valence-corrected chi connectivity index (χ4v) is 3.03. The molecule has 0 amide bonds. The highest BCUT2D eigenvalue weighted by Gasteiger charge is 2.05. The molecule has 0 bridgehead atoms. The molecule has 0 spiro atoms. The van der Waals surface area contributed by atoms with E-state index in [9.17, 15) is 8.78 Å². The average molecular weight is 502 g/mol. The van der Waals surface area contributed by atoms with E-state index in [0.717, 1.165) is 17.1 Å². The second kappa shape index (κ2) is 12.5. The zero-order chi connectivity index (χ0) is 18.8. The van der Waals surface area contributed by atoms with Gasteiger partial charge in [0, 0.05) is 30.6 Å². The summed E-state index contributed by atoms with van der Waals surface area (Å²) in [5.74, 6) is 0.859. The van der Waals surface area contributed by atoms with Gasteiger partial charge in [-0.1, -0.05) is 0 Å². The second-order valence-corrected chi connectivity index (χ2v) is 6.59. The highest BCUT2D eigenvalue weighted by atomic mass is 127. The lowest BCUT2D eigenvalue weighted by Crippen LogP contribution is -2.37. The van der Waals surface area contributed by atoms with Crippen molar-refractivity contribution in [2.75, 3.05) is 19.3 Å². The molecule has 0 heterocycles. The number of thioether (sulfide) groups is 1. The molecule has 0 fully saturated rings. The molecule has 0 aliphatic rings. The standard InChI is InChI=1S/C19H20F2N4S.HI/c1-23-19(25-13-15-11-14(12-22)3-8-18(15)21)24-9-2-10-26-17-6-4-16(20)5-7-17;/h3-8,11H,2,9-10,13H2,1H3,(H2,23,24,25);1H. The van der Waals surface area contributed by atoms with Gasteiger partial charge in [0.1, 0.15) is 11.6 Å². The van der Waals surface area contributed by atoms with E-state index >= 15 is 0 Å². The van der Waals surface area contributed by atoms with E-state index in [2.05, 4.69) is 15.6 Å². The molecular weight excluding hydrogens is 481 g/mol. The van der Waals surface area contributed by atoms with Crippen molar-refractivity contribution >= 4 is 41.7 Å². The summed E-state index contributed by atoms with van der Waals surface area (Å²) in [4.78, 5) is 5.13. The zero-order valence-electron chi connectivity index (χ0n) is 14.8. The van der Waals surface area contributed by atoms with Crippen LogP contribution in [0.2, 0.25) is 0 Å². The Hall–Kier alpha value is -1.86. The van der Waals surface area contributed by atoms with E-state index in [1.54, 1.807) is 30.9 Å². The van der Waals surface area contributed by atoms with Gasteiger partial charge in [-0.05, 0) is 54.6 Å². The van der Waals surface area contributed by atoms with E-state index < -0.39 is 0 Å². The molecule has 0 unspecified atom stereocenters. The number of hydrogen-bond acceptors (Lipinski definition) is 3. The first-order chi connectivity index (χ1) is 12.6. The molecule has 2 aromatic carbocycles. The van der Waals surface area contributed by atoms with Crippen LogP contribution in [-0.2, 0) is 6.54 Å². The van der Waals surface area contributed by atoms with Crippen molar-refractivity contribution in [2.45, 2.75) is 17.9 Å². The molecule has 144 valence electrons. The van der Waals surface area contributed by atoms with Crippen LogP contribution in [0.1, 0.15) is 17.5 Å². The minimum Gasteiger partial charge on any atom is -0.356 e. The number of nitrogens with one attached hydrogen (secondary N) is 2. The first kappa shape index (κ1) is 23.2. The first-order valence-corrected chi connectivity index (χ1v) is 9.12. The molecule has 27 heavy (non-hydrogen) atoms. The van der Waals surface area contributed by atoms with Crippen LogP contribution in [0.15, 0.2) is 52.4 Å². The van der Waals surface area contributed by atoms with Gasteiger partial charge in [0.2, 0.25) is 0 Å². The lowest BCUT2D eigenvalue weighted by molar-refractivity contribution is 0.604. The lowest BCUT2D eigenvalue weighted by Gasteiger charge is -2.12. The summed E-state index contributed by atoms with van der Waals surface area (Å²) in [5, 5.41) is 15.1. The Balaban J connectivity index is 0.00000364. The quantitative estimate of drug-likeness (QED) is 0.195. The first-order valence-electron chi connectivity index (χ1n) is 8.14. The summed E-state index contributed by atoms with van der Waals surface area (Å²) < 4.78 is 26.6. The minimum atomic E-state index is -0.359. The Bertz CT molecular complexity index is 791. The number of aliphatic imine (C=N–C) groups is 1. The summed E-state index contributed by atoms with van der Waals surface area (Å²) in [5.41, 5.74) is 0.836. The van der Waals surface area contributed by atoms with E-state index in [0.29, 0.717) is 23.6 Å². The largest absolute Gasteiger partial charge is 0.356 e. The molecule has 0 aliphatic carbocycles. The summed E-state index contributed by atoms with van der Waals surface area (Å²) in [6.45, 7) is 0.944. The molecule has 2 aromatic rings. The molecule has 2 rings (SSSR count). The van der Waals surface area contributed by atoms with Gasteiger partial charge in [-0.3, -0.25) is 4.99 Å². The van der Waals surface area contributed by atoms with Gasteiger partial charge in [0.15, 0.2) is 5.96 Å². The van der Waals surface area contributed by atoms with Gasteiger partial charge in [-0.15, -0.1) is 35.7 Å². The Morgan fingerprint density at radius 2 is 1.89 bits per heavy atom. The van der Waals surface area contributed by atoms with Crippen LogP contribution in [0.25, 0.3) is 0 Å². The summed E-state index contributed by atoms with van der Waals surface area (Å²) >= 11 is 1.66. The number of nitrogens with zero attached hydrogens (tertiary/aromatic N) is 2. The molecule has 8 heteroatoms. The number of guanidine groups is 1. The van der Waals surface area contributed by atoms with Gasteiger partial charge >= 0.3 is 0 Å². The highest BCUT2D eigenvalue weighted by molar-refractivity contribution is 14.0. The predicted molar refractivity (Wildman–Crippen MR) is 116 cm³/mol. The highest BCUT2D eigenvalue weighted by Crippen LogP contribution is 2.18. The van der Waals surface area contributed by atoms with Crippen LogP contribution < -0.4 is 10.6 Å². The van der Waals surface area contributed by atoms with Crippen LogP contribution in [-0.4, -0.2) is 25.3 Å². The molecule has 0 aliphatic heterocycles. The van der Waals surface area contributed by atoms with E-state index in [1.807, 2.05) is 6.07 Å². The van der Waals surface area contributed by atoms with Gasteiger partial charge in [0.25, 0.3) is 0 Å². The van der Waals surface area contributed by atoms with Crippen LogP contribution in [0, 0.1) is 23.0 Å². The average Bonchev–Trinajstić information content (AvgIpc) is 2.66. The fraction of sp³-hybridized carbons (Fsp3) is 0.263. The van der Waals surface area contributed by atoms with Gasteiger partial charge in [0.05, 0.1) is 11.6 Å². The van der Waals surface area contributed by atoms with Crippen molar-refractivity contribution < 1.29 is 8.78 Å². The number of benzene rings is 2. The van der Waals surface area contributed by atoms with Gasteiger partial charge < -0.3 is 10.6 Å². The smallest absolute Gasteiger partial charge is 0.191 e. The Morgan fingerprint density at radius 3 is 2.56 bits per heavy atom. The van der Waals surface area contributed by atoms with Crippen LogP contribution in [0.4, 0.5) is 8.78 Å². The zero-order valence-corrected chi connectivity index (χ0v) is 18.0. The summed E-state index contributed by atoms with van der Waals surface area (Å²) in [6.07, 6.45) is 0.890. The number of nitriles is 1. The van der Waals surface area contributed by atoms with Crippen molar-refractivity contribution in [1.82, 2.24) is 10.6 Å². The second-order valence-electron chi connectivity index (χ2n) is 5.43. The Morgan fingerprint density at radius 1 is 1.15 bits per heavy atom. The number of halogens is 3. The molecule has 0 saturated heterocycles. The maximum atomic E-state index is 13.8. The van der Waals surface area contributed by atoms with Crippen LogP contribution >= 0.6 is 35.7 Å². The normalized spacial score (nSPS) is 10.7. The third-order valence-corrected chi connectivity index (χ3v) is 4.64. The Labute approximate surface area is 179 Å². The molecular formula is C19H21F2IN4S. The monoisotopic (exact) mass is 502 g/mol. The van der Waals surface area contributed by atoms with Crippen molar-refractivity contribution in [3.05, 3.63) is 65.2 Å². The van der Waals surface area contributed by atoms with E-state index in [4.69, 9.17) is 5.26 Å². The van der Waals surface area contributed by atoms with Crippen molar-refractivity contribution in [2.24, 2.45) is 4.99 Å². The maximum absolute atomic E-state index is 13.8. The SMILES string of the molecule is CN=C(NCCCSc1ccc(F)cc1)NCc1cc(C#N)ccc1F.I. The molecule has 0 aromatic heterocycles. The third-order valence-electron chi connectivity index (χ3n) is 3.54. The van der Waals surface area contributed by atoms with E-state index in [1.165, 1.54) is 30.3 Å². The van der Waals surface area contributed by atoms with Gasteiger partial charge in [-0.25, -0.2) is 8.78 Å². The molecule has 0 atom stereocenters. The van der Waals surface area contributed by atoms with Crippen molar-refractivity contribution in [3.63, 3.8) is 0 Å². The topological polar surface area (TPSA) is 60.2 Å². The van der Waals surface area contributed by atoms with Crippen molar-refractivity contribution in [1.29, 1.82) is 5.26 Å². The molecule has 4 nitrogen and oxygen atoms in total. The summed E-state index contributed by atoms with van der Waals surface area (Å²) in [6, 6.07) is 12.7. The maximum Gasteiger partial charge on any atom is 0.191 e.